The summed E-state index contributed by atoms with van der Waals surface area (Å²) in [7, 11) is 0. The molecule has 1 heterocycles. The topological polar surface area (TPSA) is 64.9 Å². The summed E-state index contributed by atoms with van der Waals surface area (Å²) >= 11 is 0. The Labute approximate surface area is 116 Å². The molecule has 0 bridgehead atoms. The van der Waals surface area contributed by atoms with Gasteiger partial charge in [-0.1, -0.05) is 32.3 Å². The van der Waals surface area contributed by atoms with Crippen LogP contribution >= 0.6 is 0 Å². The van der Waals surface area contributed by atoms with Crippen LogP contribution in [-0.2, 0) is 0 Å². The molecule has 0 spiro atoms. The molecule has 0 aliphatic heterocycles. The first-order valence-corrected chi connectivity index (χ1v) is 7.70. The van der Waals surface area contributed by atoms with Crippen molar-refractivity contribution in [2.45, 2.75) is 71.3 Å². The van der Waals surface area contributed by atoms with E-state index in [2.05, 4.69) is 30.9 Å². The van der Waals surface area contributed by atoms with Crippen molar-refractivity contribution in [2.75, 3.05) is 0 Å². The molecule has 0 radical (unpaired) electrons. The van der Waals surface area contributed by atoms with Gasteiger partial charge < -0.3 is 10.3 Å². The molecule has 2 N–H and O–H groups in total. The highest BCUT2D eigenvalue weighted by Crippen LogP contribution is 2.37. The summed E-state index contributed by atoms with van der Waals surface area (Å²) in [5.74, 6) is 3.62. The third-order valence-electron chi connectivity index (χ3n) is 4.45. The van der Waals surface area contributed by atoms with E-state index in [0.717, 1.165) is 30.5 Å². The predicted molar refractivity (Wildman–Crippen MR) is 75.7 cm³/mol. The normalized spacial score (nSPS) is 25.7. The van der Waals surface area contributed by atoms with Crippen molar-refractivity contribution < 1.29 is 4.52 Å². The molecule has 2 rings (SSSR count). The first-order chi connectivity index (χ1) is 9.11. The van der Waals surface area contributed by atoms with E-state index in [-0.39, 0.29) is 6.04 Å². The molecule has 4 heteroatoms. The van der Waals surface area contributed by atoms with E-state index in [4.69, 9.17) is 10.3 Å². The molecule has 1 aliphatic carbocycles. The Morgan fingerprint density at radius 2 is 1.95 bits per heavy atom. The Morgan fingerprint density at radius 1 is 1.26 bits per heavy atom. The quantitative estimate of drug-likeness (QED) is 0.879. The van der Waals surface area contributed by atoms with Crippen LogP contribution in [0.4, 0.5) is 0 Å². The van der Waals surface area contributed by atoms with Gasteiger partial charge in [0.05, 0.1) is 6.04 Å². The summed E-state index contributed by atoms with van der Waals surface area (Å²) in [4.78, 5) is 4.52. The van der Waals surface area contributed by atoms with E-state index in [1.807, 2.05) is 0 Å². The van der Waals surface area contributed by atoms with E-state index in [9.17, 15) is 0 Å². The monoisotopic (exact) mass is 265 g/mol. The maximum Gasteiger partial charge on any atom is 0.243 e. The average Bonchev–Trinajstić information content (AvgIpc) is 2.89. The van der Waals surface area contributed by atoms with Crippen molar-refractivity contribution in [3.8, 4) is 0 Å². The van der Waals surface area contributed by atoms with Crippen LogP contribution in [0.15, 0.2) is 4.52 Å². The van der Waals surface area contributed by atoms with Crippen LogP contribution in [0.3, 0.4) is 0 Å². The highest BCUT2D eigenvalue weighted by molar-refractivity contribution is 5.00. The standard InChI is InChI=1S/C15H27N3O/c1-4-5-13(16)15-17-14(18-19-15)12-8-6-11(7-9-12)10(2)3/h10-13H,4-9,16H2,1-3H3. The first-order valence-electron chi connectivity index (χ1n) is 7.70. The zero-order valence-electron chi connectivity index (χ0n) is 12.4. The lowest BCUT2D eigenvalue weighted by atomic mass is 9.77. The molecule has 1 aromatic heterocycles. The number of hydrogen-bond acceptors (Lipinski definition) is 4. The molecule has 1 aromatic rings. The van der Waals surface area contributed by atoms with Gasteiger partial charge in [-0.15, -0.1) is 0 Å². The second-order valence-electron chi connectivity index (χ2n) is 6.24. The van der Waals surface area contributed by atoms with Crippen LogP contribution in [0, 0.1) is 11.8 Å². The number of rotatable bonds is 5. The van der Waals surface area contributed by atoms with Crippen LogP contribution in [0.5, 0.6) is 0 Å². The van der Waals surface area contributed by atoms with Crippen LogP contribution in [0.25, 0.3) is 0 Å². The van der Waals surface area contributed by atoms with E-state index in [1.54, 1.807) is 0 Å². The van der Waals surface area contributed by atoms with Crippen molar-refractivity contribution in [3.63, 3.8) is 0 Å². The van der Waals surface area contributed by atoms with Gasteiger partial charge in [-0.2, -0.15) is 4.98 Å². The van der Waals surface area contributed by atoms with Crippen molar-refractivity contribution >= 4 is 0 Å². The third kappa shape index (κ3) is 3.56. The predicted octanol–water partition coefficient (Wildman–Crippen LogP) is 3.80. The minimum Gasteiger partial charge on any atom is -0.338 e. The molecule has 1 atom stereocenters. The van der Waals surface area contributed by atoms with E-state index in [1.165, 1.54) is 25.7 Å². The van der Waals surface area contributed by atoms with E-state index >= 15 is 0 Å². The van der Waals surface area contributed by atoms with Crippen LogP contribution in [0.2, 0.25) is 0 Å². The van der Waals surface area contributed by atoms with E-state index in [0.29, 0.717) is 11.8 Å². The Bertz CT molecular complexity index is 380. The Morgan fingerprint density at radius 3 is 2.53 bits per heavy atom. The highest BCUT2D eigenvalue weighted by atomic mass is 16.5. The fourth-order valence-electron chi connectivity index (χ4n) is 3.04. The van der Waals surface area contributed by atoms with E-state index < -0.39 is 0 Å². The zero-order chi connectivity index (χ0) is 13.8. The lowest BCUT2D eigenvalue weighted by molar-refractivity contribution is 0.251. The average molecular weight is 265 g/mol. The number of aromatic nitrogens is 2. The first kappa shape index (κ1) is 14.5. The van der Waals surface area contributed by atoms with Crippen LogP contribution in [-0.4, -0.2) is 10.1 Å². The molecular formula is C15H27N3O. The van der Waals surface area contributed by atoms with Crippen molar-refractivity contribution in [1.82, 2.24) is 10.1 Å². The number of nitrogens with zero attached hydrogens (tertiary/aromatic N) is 2. The molecule has 4 nitrogen and oxygen atoms in total. The molecule has 1 fully saturated rings. The molecule has 1 saturated carbocycles. The van der Waals surface area contributed by atoms with Gasteiger partial charge in [-0.25, -0.2) is 0 Å². The molecule has 0 amide bonds. The minimum absolute atomic E-state index is 0.0988. The number of nitrogens with two attached hydrogens (primary N) is 1. The molecule has 1 unspecified atom stereocenters. The Kier molecular flexibility index (Phi) is 4.97. The van der Waals surface area contributed by atoms with Crippen molar-refractivity contribution in [2.24, 2.45) is 17.6 Å². The zero-order valence-corrected chi connectivity index (χ0v) is 12.4. The lowest BCUT2D eigenvalue weighted by Gasteiger charge is -2.29. The maximum absolute atomic E-state index is 6.01. The Balaban J connectivity index is 1.93. The Hall–Kier alpha value is -0.900. The van der Waals surface area contributed by atoms with Gasteiger partial charge in [0.25, 0.3) is 0 Å². The molecule has 19 heavy (non-hydrogen) atoms. The van der Waals surface area contributed by atoms with Crippen molar-refractivity contribution in [3.05, 3.63) is 11.7 Å². The number of hydrogen-bond donors (Lipinski definition) is 1. The van der Waals surface area contributed by atoms with Gasteiger partial charge >= 0.3 is 0 Å². The van der Waals surface area contributed by atoms with Gasteiger partial charge in [-0.3, -0.25) is 0 Å². The maximum atomic E-state index is 6.01. The van der Waals surface area contributed by atoms with Gasteiger partial charge in [0, 0.05) is 5.92 Å². The largest absolute Gasteiger partial charge is 0.338 e. The fourth-order valence-corrected chi connectivity index (χ4v) is 3.04. The van der Waals surface area contributed by atoms with Crippen LogP contribution in [0.1, 0.15) is 83.0 Å². The third-order valence-corrected chi connectivity index (χ3v) is 4.45. The molecule has 108 valence electrons. The fraction of sp³-hybridized carbons (Fsp3) is 0.867. The summed E-state index contributed by atoms with van der Waals surface area (Å²) < 4.78 is 5.32. The van der Waals surface area contributed by atoms with Crippen LogP contribution < -0.4 is 5.73 Å². The second kappa shape index (κ2) is 6.51. The second-order valence-corrected chi connectivity index (χ2v) is 6.24. The summed E-state index contributed by atoms with van der Waals surface area (Å²) in [6, 6.07) is -0.0988. The minimum atomic E-state index is -0.0988. The summed E-state index contributed by atoms with van der Waals surface area (Å²) in [5.41, 5.74) is 6.01. The van der Waals surface area contributed by atoms with Gasteiger partial charge in [0.15, 0.2) is 5.82 Å². The summed E-state index contributed by atoms with van der Waals surface area (Å²) in [6.07, 6.45) is 6.89. The van der Waals surface area contributed by atoms with Crippen molar-refractivity contribution in [1.29, 1.82) is 0 Å². The molecule has 0 saturated heterocycles. The summed E-state index contributed by atoms with van der Waals surface area (Å²) in [6.45, 7) is 6.76. The molecule has 1 aliphatic rings. The molecular weight excluding hydrogens is 238 g/mol. The van der Waals surface area contributed by atoms with Gasteiger partial charge in [0.2, 0.25) is 5.89 Å². The van der Waals surface area contributed by atoms with Gasteiger partial charge in [0.1, 0.15) is 0 Å². The lowest BCUT2D eigenvalue weighted by Crippen LogP contribution is -2.18. The summed E-state index contributed by atoms with van der Waals surface area (Å²) in [5, 5.41) is 4.15. The SMILES string of the molecule is CCCC(N)c1nc(C2CCC(C(C)C)CC2)no1. The smallest absolute Gasteiger partial charge is 0.243 e. The molecule has 0 aromatic carbocycles. The highest BCUT2D eigenvalue weighted by Gasteiger charge is 2.27. The van der Waals surface area contributed by atoms with Gasteiger partial charge in [-0.05, 0) is 43.9 Å².